The molecule has 1 aromatic heterocycles. The van der Waals surface area contributed by atoms with Gasteiger partial charge < -0.3 is 4.98 Å². The third kappa shape index (κ3) is 2.38. The molecule has 0 fully saturated rings. The first-order valence-electron chi connectivity index (χ1n) is 4.60. The van der Waals surface area contributed by atoms with Crippen molar-refractivity contribution < 1.29 is 21.8 Å². The third-order valence-electron chi connectivity index (χ3n) is 2.25. The van der Waals surface area contributed by atoms with Crippen LogP contribution in [0.5, 0.6) is 0 Å². The van der Waals surface area contributed by atoms with Gasteiger partial charge in [0.1, 0.15) is 16.5 Å². The molecule has 0 radical (unpaired) electrons. The molecule has 4 nitrogen and oxygen atoms in total. The Balaban J connectivity index is 2.56. The van der Waals surface area contributed by atoms with Crippen LogP contribution in [0.15, 0.2) is 29.3 Å². The molecule has 2 rings (SSSR count). The Morgan fingerprint density at radius 3 is 2.39 bits per heavy atom. The maximum Gasteiger partial charge on any atom is 0.296 e. The number of aromatic amines is 1. The van der Waals surface area contributed by atoms with E-state index in [1.807, 2.05) is 0 Å². The molecule has 2 N–H and O–H groups in total. The third-order valence-corrected chi connectivity index (χ3v) is 3.38. The van der Waals surface area contributed by atoms with Crippen molar-refractivity contribution in [3.63, 3.8) is 0 Å². The number of hydrogen-bond donors (Lipinski definition) is 2. The predicted molar refractivity (Wildman–Crippen MR) is 61.0 cm³/mol. The van der Waals surface area contributed by atoms with Crippen LogP contribution < -0.4 is 0 Å². The number of rotatable bonds is 2. The molecule has 0 spiro atoms. The molecule has 0 aliphatic carbocycles. The van der Waals surface area contributed by atoms with Crippen LogP contribution >= 0.6 is 11.6 Å². The fraction of sp³-hybridized carbons (Fsp3) is 0. The number of hydrogen-bond acceptors (Lipinski definition) is 2. The van der Waals surface area contributed by atoms with Crippen molar-refractivity contribution in [1.82, 2.24) is 4.98 Å². The molecular weight excluding hydrogens is 288 g/mol. The van der Waals surface area contributed by atoms with Crippen molar-refractivity contribution in [2.75, 3.05) is 0 Å². The average Bonchev–Trinajstić information content (AvgIpc) is 2.72. The van der Waals surface area contributed by atoms with E-state index in [0.29, 0.717) is 6.07 Å². The lowest BCUT2D eigenvalue weighted by atomic mass is 10.1. The number of nitrogens with one attached hydrogen (secondary N) is 1. The smallest absolute Gasteiger partial charge is 0.296 e. The summed E-state index contributed by atoms with van der Waals surface area (Å²) in [7, 11) is -4.38. The minimum atomic E-state index is -4.38. The summed E-state index contributed by atoms with van der Waals surface area (Å²) in [5.74, 6) is -1.82. The van der Waals surface area contributed by atoms with E-state index in [-0.39, 0.29) is 16.3 Å². The summed E-state index contributed by atoms with van der Waals surface area (Å²) in [4.78, 5) is 2.04. The second kappa shape index (κ2) is 4.34. The lowest BCUT2D eigenvalue weighted by Gasteiger charge is -2.02. The molecule has 0 bridgehead atoms. The van der Waals surface area contributed by atoms with Gasteiger partial charge in [-0.25, -0.2) is 8.78 Å². The van der Waals surface area contributed by atoms with E-state index in [2.05, 4.69) is 4.98 Å². The van der Waals surface area contributed by atoms with E-state index in [1.54, 1.807) is 0 Å². The number of halogens is 3. The molecule has 1 aromatic carbocycles. The van der Waals surface area contributed by atoms with Gasteiger partial charge in [0.25, 0.3) is 10.1 Å². The fourth-order valence-corrected chi connectivity index (χ4v) is 2.05. The van der Waals surface area contributed by atoms with E-state index in [0.717, 1.165) is 18.3 Å². The Labute approximate surface area is 106 Å². The van der Waals surface area contributed by atoms with Gasteiger partial charge in [0.2, 0.25) is 0 Å². The fourth-order valence-electron chi connectivity index (χ4n) is 1.41. The van der Waals surface area contributed by atoms with Gasteiger partial charge in [0.15, 0.2) is 0 Å². The summed E-state index contributed by atoms with van der Waals surface area (Å²) in [5.41, 5.74) is -0.0432. The average molecular weight is 294 g/mol. The van der Waals surface area contributed by atoms with E-state index >= 15 is 0 Å². The lowest BCUT2D eigenvalue weighted by molar-refractivity contribution is 0.483. The normalized spacial score (nSPS) is 11.8. The van der Waals surface area contributed by atoms with E-state index < -0.39 is 26.6 Å². The molecule has 0 saturated carbocycles. The Morgan fingerprint density at radius 1 is 1.17 bits per heavy atom. The van der Waals surface area contributed by atoms with Crippen LogP contribution in [0.4, 0.5) is 8.78 Å². The first-order valence-corrected chi connectivity index (χ1v) is 6.41. The van der Waals surface area contributed by atoms with Crippen molar-refractivity contribution >= 4 is 21.7 Å². The largest absolute Gasteiger partial charge is 0.360 e. The topological polar surface area (TPSA) is 70.2 Å². The molecule has 1 heterocycles. The SMILES string of the molecule is O=S(=O)(O)c1c[nH]c(-c2cc(Cl)c(F)cc2F)c1. The number of aromatic nitrogens is 1. The quantitative estimate of drug-likeness (QED) is 0.661. The summed E-state index contributed by atoms with van der Waals surface area (Å²) in [6.07, 6.45) is 0.987. The highest BCUT2D eigenvalue weighted by Crippen LogP contribution is 2.28. The van der Waals surface area contributed by atoms with E-state index in [4.69, 9.17) is 16.2 Å². The zero-order valence-electron chi connectivity index (χ0n) is 8.62. The maximum atomic E-state index is 13.5. The maximum absolute atomic E-state index is 13.5. The molecule has 2 aromatic rings. The van der Waals surface area contributed by atoms with Crippen molar-refractivity contribution in [3.05, 3.63) is 41.1 Å². The van der Waals surface area contributed by atoms with Crippen LogP contribution in [0, 0.1) is 11.6 Å². The monoisotopic (exact) mass is 293 g/mol. The molecule has 8 heteroatoms. The highest BCUT2D eigenvalue weighted by atomic mass is 35.5. The first kappa shape index (κ1) is 13.0. The van der Waals surface area contributed by atoms with Crippen LogP contribution in [0.25, 0.3) is 11.3 Å². The first-order chi connectivity index (χ1) is 8.29. The predicted octanol–water partition coefficient (Wildman–Crippen LogP) is 2.86. The minimum Gasteiger partial charge on any atom is -0.360 e. The van der Waals surface area contributed by atoms with Crippen molar-refractivity contribution in [1.29, 1.82) is 0 Å². The minimum absolute atomic E-state index is 0.0574. The summed E-state index contributed by atoms with van der Waals surface area (Å²) in [6.45, 7) is 0. The van der Waals surface area contributed by atoms with Gasteiger partial charge in [-0.1, -0.05) is 11.6 Å². The van der Waals surface area contributed by atoms with E-state index in [9.17, 15) is 17.2 Å². The second-order valence-electron chi connectivity index (χ2n) is 3.47. The molecule has 0 saturated heterocycles. The zero-order chi connectivity index (χ0) is 13.5. The van der Waals surface area contributed by atoms with E-state index in [1.165, 1.54) is 0 Å². The summed E-state index contributed by atoms with van der Waals surface area (Å²) < 4.78 is 56.9. The number of benzene rings is 1. The van der Waals surface area contributed by atoms with Crippen molar-refractivity contribution in [3.8, 4) is 11.3 Å². The molecule has 0 atom stereocenters. The Morgan fingerprint density at radius 2 is 1.83 bits per heavy atom. The Bertz CT molecular complexity index is 712. The lowest BCUT2D eigenvalue weighted by Crippen LogP contribution is -1.94. The van der Waals surface area contributed by atoms with Crippen LogP contribution in [-0.2, 0) is 10.1 Å². The molecule has 0 aliphatic heterocycles. The van der Waals surface area contributed by atoms with Crippen LogP contribution in [0.2, 0.25) is 5.02 Å². The summed E-state index contributed by atoms with van der Waals surface area (Å²) in [5, 5.41) is -0.297. The Hall–Kier alpha value is -1.44. The zero-order valence-corrected chi connectivity index (χ0v) is 10.2. The van der Waals surface area contributed by atoms with Crippen LogP contribution in [-0.4, -0.2) is 18.0 Å². The summed E-state index contributed by atoms with van der Waals surface area (Å²) >= 11 is 5.51. The van der Waals surface area contributed by atoms with Gasteiger partial charge in [-0.3, -0.25) is 4.55 Å². The molecule has 0 unspecified atom stereocenters. The molecular formula is C10H6ClF2NO3S. The highest BCUT2D eigenvalue weighted by molar-refractivity contribution is 7.85. The van der Waals surface area contributed by atoms with Crippen LogP contribution in [0.1, 0.15) is 0 Å². The summed E-state index contributed by atoms with van der Waals surface area (Å²) in [6, 6.07) is 2.62. The molecule has 0 aliphatic rings. The van der Waals surface area contributed by atoms with Gasteiger partial charge in [-0.2, -0.15) is 8.42 Å². The van der Waals surface area contributed by atoms with Gasteiger partial charge in [0, 0.05) is 23.5 Å². The van der Waals surface area contributed by atoms with Crippen LogP contribution in [0.3, 0.4) is 0 Å². The second-order valence-corrected chi connectivity index (χ2v) is 5.30. The standard InChI is InChI=1S/C10H6ClF2NO3S/c11-7-2-6(8(12)3-9(7)13)10-1-5(4-14-10)18(15,16)17/h1-4,14H,(H,15,16,17). The molecule has 18 heavy (non-hydrogen) atoms. The molecule has 96 valence electrons. The van der Waals surface area contributed by atoms with Gasteiger partial charge in [0.05, 0.1) is 5.02 Å². The Kier molecular flexibility index (Phi) is 3.14. The van der Waals surface area contributed by atoms with Crippen molar-refractivity contribution in [2.24, 2.45) is 0 Å². The highest BCUT2D eigenvalue weighted by Gasteiger charge is 2.16. The van der Waals surface area contributed by atoms with Gasteiger partial charge in [-0.15, -0.1) is 0 Å². The molecule has 0 amide bonds. The van der Waals surface area contributed by atoms with Gasteiger partial charge in [-0.05, 0) is 12.1 Å². The van der Waals surface area contributed by atoms with Gasteiger partial charge >= 0.3 is 0 Å². The number of H-pyrrole nitrogens is 1. The van der Waals surface area contributed by atoms with Crippen molar-refractivity contribution in [2.45, 2.75) is 4.90 Å².